The van der Waals surface area contributed by atoms with Crippen LogP contribution >= 0.6 is 47.3 Å². The van der Waals surface area contributed by atoms with Gasteiger partial charge in [-0.25, -0.2) is 0 Å². The van der Waals surface area contributed by atoms with E-state index in [1.54, 1.807) is 7.11 Å². The molecule has 30 heavy (non-hydrogen) atoms. The Balaban J connectivity index is 0.00000320. The Hall–Kier alpha value is -0.580. The second-order valence-electron chi connectivity index (χ2n) is 7.59. The van der Waals surface area contributed by atoms with Crippen LogP contribution in [-0.4, -0.2) is 69.5 Å². The minimum atomic E-state index is 0. The largest absolute Gasteiger partial charge is 0.495 e. The monoisotopic (exact) mass is 568 g/mol. The Kier molecular flexibility index (Phi) is 10.7. The molecule has 6 nitrogen and oxygen atoms in total. The van der Waals surface area contributed by atoms with Crippen molar-refractivity contribution < 1.29 is 9.47 Å². The van der Waals surface area contributed by atoms with Gasteiger partial charge in [-0.2, -0.15) is 11.8 Å². The molecule has 2 aliphatic rings. The van der Waals surface area contributed by atoms with Crippen LogP contribution in [0.5, 0.6) is 5.75 Å². The lowest BCUT2D eigenvalue weighted by atomic mass is 9.99. The van der Waals surface area contributed by atoms with E-state index < -0.39 is 0 Å². The fourth-order valence-electron chi connectivity index (χ4n) is 3.91. The van der Waals surface area contributed by atoms with Crippen LogP contribution in [0.4, 0.5) is 5.69 Å². The molecule has 2 fully saturated rings. The third kappa shape index (κ3) is 6.71. The third-order valence-electron chi connectivity index (χ3n) is 5.72. The Morgan fingerprint density at radius 2 is 2.17 bits per heavy atom. The van der Waals surface area contributed by atoms with Crippen molar-refractivity contribution in [3.63, 3.8) is 0 Å². The fraction of sp³-hybridized carbons (Fsp3) is 0.667. The van der Waals surface area contributed by atoms with Crippen molar-refractivity contribution in [1.82, 2.24) is 10.6 Å². The summed E-state index contributed by atoms with van der Waals surface area (Å²) >= 11 is 8.14. The van der Waals surface area contributed by atoms with Gasteiger partial charge in [-0.1, -0.05) is 11.6 Å². The molecular formula is C21H34ClIN4O2S. The van der Waals surface area contributed by atoms with Gasteiger partial charge in [0.15, 0.2) is 5.96 Å². The van der Waals surface area contributed by atoms with E-state index in [1.807, 2.05) is 30.0 Å². The average Bonchev–Trinajstić information content (AvgIpc) is 3.21. The Morgan fingerprint density at radius 3 is 2.83 bits per heavy atom. The molecule has 2 saturated heterocycles. The van der Waals surface area contributed by atoms with Crippen LogP contribution in [0.15, 0.2) is 23.2 Å². The molecule has 9 heteroatoms. The van der Waals surface area contributed by atoms with Crippen LogP contribution in [0, 0.1) is 0 Å². The van der Waals surface area contributed by atoms with Crippen LogP contribution in [0.2, 0.25) is 5.02 Å². The molecule has 1 aromatic carbocycles. The maximum absolute atomic E-state index is 6.22. The maximum atomic E-state index is 6.22. The highest BCUT2D eigenvalue weighted by molar-refractivity contribution is 14.0. The molecule has 0 aromatic heterocycles. The molecule has 2 heterocycles. The van der Waals surface area contributed by atoms with Gasteiger partial charge in [0.25, 0.3) is 0 Å². The molecule has 1 aromatic rings. The molecule has 0 amide bonds. The van der Waals surface area contributed by atoms with Gasteiger partial charge < -0.3 is 25.0 Å². The smallest absolute Gasteiger partial charge is 0.191 e. The van der Waals surface area contributed by atoms with E-state index >= 15 is 0 Å². The number of nitrogens with one attached hydrogen (secondary N) is 2. The first-order valence-corrected chi connectivity index (χ1v) is 12.0. The van der Waals surface area contributed by atoms with Crippen molar-refractivity contribution in [1.29, 1.82) is 0 Å². The Labute approximate surface area is 206 Å². The van der Waals surface area contributed by atoms with Gasteiger partial charge in [0, 0.05) is 48.7 Å². The number of guanidine groups is 1. The molecule has 1 unspecified atom stereocenters. The standard InChI is InChI=1S/C21H33ClN4O2S.HI/c1-4-23-20(24-15-21(29-3)8-11-28-12-9-21)25-17-7-10-26(14-17)18-13-16(22)5-6-19(18)27-2;/h5-6,13,17H,4,7-12,14-15H2,1-3H3,(H2,23,24,25);1H. The molecule has 3 rings (SSSR count). The van der Waals surface area contributed by atoms with Crippen LogP contribution in [0.1, 0.15) is 26.2 Å². The highest BCUT2D eigenvalue weighted by Crippen LogP contribution is 2.35. The maximum Gasteiger partial charge on any atom is 0.191 e. The molecule has 0 bridgehead atoms. The predicted octanol–water partition coefficient (Wildman–Crippen LogP) is 4.01. The Morgan fingerprint density at radius 1 is 1.40 bits per heavy atom. The number of anilines is 1. The normalized spacial score (nSPS) is 21.1. The minimum Gasteiger partial charge on any atom is -0.495 e. The zero-order valence-corrected chi connectivity index (χ0v) is 22.0. The highest BCUT2D eigenvalue weighted by Gasteiger charge is 2.32. The van der Waals surface area contributed by atoms with Gasteiger partial charge >= 0.3 is 0 Å². The average molecular weight is 569 g/mol. The third-order valence-corrected chi connectivity index (χ3v) is 7.36. The van der Waals surface area contributed by atoms with Gasteiger partial charge in [-0.05, 0) is 50.6 Å². The van der Waals surface area contributed by atoms with Gasteiger partial charge in [0.2, 0.25) is 0 Å². The summed E-state index contributed by atoms with van der Waals surface area (Å²) in [5.74, 6) is 1.76. The number of benzene rings is 1. The zero-order chi connectivity index (χ0) is 20.7. The minimum absolute atomic E-state index is 0. The predicted molar refractivity (Wildman–Crippen MR) is 139 cm³/mol. The summed E-state index contributed by atoms with van der Waals surface area (Å²) in [5, 5.41) is 7.77. The number of hydrogen-bond acceptors (Lipinski definition) is 5. The summed E-state index contributed by atoms with van der Waals surface area (Å²) in [6.45, 7) is 7.28. The molecule has 2 aliphatic heterocycles. The zero-order valence-electron chi connectivity index (χ0n) is 18.1. The summed E-state index contributed by atoms with van der Waals surface area (Å²) in [4.78, 5) is 7.27. The molecular weight excluding hydrogens is 535 g/mol. The van der Waals surface area contributed by atoms with E-state index in [2.05, 4.69) is 28.7 Å². The molecule has 1 atom stereocenters. The van der Waals surface area contributed by atoms with Crippen LogP contribution < -0.4 is 20.3 Å². The fourth-order valence-corrected chi connectivity index (χ4v) is 4.85. The molecule has 2 N–H and O–H groups in total. The Bertz CT molecular complexity index is 704. The van der Waals surface area contributed by atoms with E-state index in [-0.39, 0.29) is 28.7 Å². The first-order chi connectivity index (χ1) is 14.1. The summed E-state index contributed by atoms with van der Waals surface area (Å²) in [6, 6.07) is 6.11. The SMILES string of the molecule is CCNC(=NCC1(SC)CCOCC1)NC1CCN(c2cc(Cl)ccc2OC)C1.I. The van der Waals surface area contributed by atoms with Gasteiger partial charge in [-0.15, -0.1) is 24.0 Å². The highest BCUT2D eigenvalue weighted by atomic mass is 127. The summed E-state index contributed by atoms with van der Waals surface area (Å²) in [7, 11) is 1.70. The number of methoxy groups -OCH3 is 1. The molecule has 170 valence electrons. The molecule has 0 radical (unpaired) electrons. The van der Waals surface area contributed by atoms with Crippen LogP contribution in [-0.2, 0) is 4.74 Å². The topological polar surface area (TPSA) is 58.1 Å². The van der Waals surface area contributed by atoms with Crippen molar-refractivity contribution in [2.75, 3.05) is 57.7 Å². The van der Waals surface area contributed by atoms with E-state index in [4.69, 9.17) is 26.1 Å². The van der Waals surface area contributed by atoms with Gasteiger partial charge in [-0.3, -0.25) is 4.99 Å². The summed E-state index contributed by atoms with van der Waals surface area (Å²) in [5.41, 5.74) is 1.05. The lowest BCUT2D eigenvalue weighted by molar-refractivity contribution is 0.0794. The number of nitrogens with zero attached hydrogens (tertiary/aromatic N) is 2. The van der Waals surface area contributed by atoms with E-state index in [9.17, 15) is 0 Å². The number of rotatable bonds is 7. The summed E-state index contributed by atoms with van der Waals surface area (Å²) in [6.07, 6.45) is 5.35. The number of hydrogen-bond donors (Lipinski definition) is 2. The van der Waals surface area contributed by atoms with E-state index in [0.717, 1.165) is 81.1 Å². The van der Waals surface area contributed by atoms with Crippen molar-refractivity contribution in [2.45, 2.75) is 37.0 Å². The van der Waals surface area contributed by atoms with Crippen molar-refractivity contribution in [2.24, 2.45) is 4.99 Å². The lowest BCUT2D eigenvalue weighted by Crippen LogP contribution is -2.46. The first-order valence-electron chi connectivity index (χ1n) is 10.4. The quantitative estimate of drug-likeness (QED) is 0.295. The first kappa shape index (κ1) is 25.7. The lowest BCUT2D eigenvalue weighted by Gasteiger charge is -2.34. The van der Waals surface area contributed by atoms with Crippen molar-refractivity contribution in [3.05, 3.63) is 23.2 Å². The van der Waals surface area contributed by atoms with Crippen molar-refractivity contribution in [3.8, 4) is 5.75 Å². The van der Waals surface area contributed by atoms with E-state index in [0.29, 0.717) is 6.04 Å². The van der Waals surface area contributed by atoms with Crippen molar-refractivity contribution >= 4 is 59.0 Å². The second kappa shape index (κ2) is 12.5. The van der Waals surface area contributed by atoms with Gasteiger partial charge in [0.05, 0.1) is 19.3 Å². The number of thioether (sulfide) groups is 1. The van der Waals surface area contributed by atoms with Crippen LogP contribution in [0.3, 0.4) is 0 Å². The molecule has 0 aliphatic carbocycles. The second-order valence-corrected chi connectivity index (χ2v) is 9.30. The number of ether oxygens (including phenoxy) is 2. The molecule has 0 saturated carbocycles. The number of aliphatic imine (C=N–C) groups is 1. The molecule has 0 spiro atoms. The van der Waals surface area contributed by atoms with E-state index in [1.165, 1.54) is 0 Å². The summed E-state index contributed by atoms with van der Waals surface area (Å²) < 4.78 is 11.3. The van der Waals surface area contributed by atoms with Gasteiger partial charge in [0.1, 0.15) is 5.75 Å². The van der Waals surface area contributed by atoms with Crippen LogP contribution in [0.25, 0.3) is 0 Å². The number of halogens is 2.